The normalized spacial score (nSPS) is 13.2. The molecule has 0 fully saturated rings. The van der Waals surface area contributed by atoms with Gasteiger partial charge in [-0.15, -0.1) is 0 Å². The Balaban J connectivity index is 2.65. The van der Waals surface area contributed by atoms with Crippen LogP contribution in [0.2, 0.25) is 0 Å². The van der Waals surface area contributed by atoms with Crippen molar-refractivity contribution in [1.29, 1.82) is 0 Å². The quantitative estimate of drug-likeness (QED) is 0.774. The first kappa shape index (κ1) is 16.1. The number of aromatic nitrogens is 2. The summed E-state index contributed by atoms with van der Waals surface area (Å²) in [6.07, 6.45) is 0.644. The zero-order chi connectivity index (χ0) is 14.4. The van der Waals surface area contributed by atoms with E-state index in [1.807, 2.05) is 14.0 Å². The Labute approximate surface area is 116 Å². The molecular weight excluding hydrogens is 242 g/mol. The van der Waals surface area contributed by atoms with Crippen molar-refractivity contribution in [2.24, 2.45) is 0 Å². The van der Waals surface area contributed by atoms with Gasteiger partial charge in [0, 0.05) is 38.0 Å². The average molecular weight is 269 g/mol. The molecule has 1 N–H and O–H groups in total. The minimum absolute atomic E-state index is 0.372. The van der Waals surface area contributed by atoms with Crippen LogP contribution in [0.3, 0.4) is 0 Å². The van der Waals surface area contributed by atoms with Crippen molar-refractivity contribution >= 4 is 0 Å². The van der Waals surface area contributed by atoms with Crippen LogP contribution in [0.25, 0.3) is 0 Å². The largest absolute Gasteiger partial charge is 0.389 e. The van der Waals surface area contributed by atoms with Gasteiger partial charge in [-0.2, -0.15) is 5.10 Å². The minimum atomic E-state index is -0.443. The Kier molecular flexibility index (Phi) is 6.48. The lowest BCUT2D eigenvalue weighted by atomic mass is 10.2. The van der Waals surface area contributed by atoms with E-state index >= 15 is 0 Å². The molecule has 1 aromatic rings. The zero-order valence-electron chi connectivity index (χ0n) is 12.8. The Hall–Kier alpha value is -0.910. The maximum Gasteiger partial charge on any atom is 0.0900 e. The smallest absolute Gasteiger partial charge is 0.0900 e. The number of likely N-dealkylation sites (N-methyl/N-ethyl adjacent to an activating group) is 1. The van der Waals surface area contributed by atoms with Crippen LogP contribution < -0.4 is 0 Å². The fraction of sp³-hybridized carbons (Fsp3) is 0.786. The highest BCUT2D eigenvalue weighted by atomic mass is 16.5. The van der Waals surface area contributed by atoms with Crippen LogP contribution in [0, 0.1) is 13.8 Å². The fourth-order valence-electron chi connectivity index (χ4n) is 2.33. The molecule has 5 nitrogen and oxygen atoms in total. The molecular formula is C14H27N3O2. The number of aliphatic hydroxyl groups excluding tert-OH is 1. The molecule has 1 heterocycles. The molecule has 110 valence electrons. The Morgan fingerprint density at radius 1 is 1.42 bits per heavy atom. The monoisotopic (exact) mass is 269 g/mol. The SMILES string of the molecule is CCCn1nc(C)c(CN(C)CC(O)COC)c1C. The van der Waals surface area contributed by atoms with Gasteiger partial charge in [-0.05, 0) is 27.3 Å². The third-order valence-corrected chi connectivity index (χ3v) is 3.28. The standard InChI is InChI=1S/C14H27N3O2/c1-6-7-17-12(3)14(11(2)15-17)9-16(4)8-13(18)10-19-5/h13,18H,6-10H2,1-5H3. The lowest BCUT2D eigenvalue weighted by molar-refractivity contribution is 0.0418. The van der Waals surface area contributed by atoms with Crippen molar-refractivity contribution in [3.63, 3.8) is 0 Å². The molecule has 0 amide bonds. The second-order valence-corrected chi connectivity index (χ2v) is 5.18. The summed E-state index contributed by atoms with van der Waals surface area (Å²) in [4.78, 5) is 2.11. The Morgan fingerprint density at radius 2 is 2.11 bits per heavy atom. The molecule has 0 saturated heterocycles. The van der Waals surface area contributed by atoms with E-state index in [9.17, 15) is 5.11 Å². The molecule has 0 radical (unpaired) electrons. The number of hydrogen-bond acceptors (Lipinski definition) is 4. The Morgan fingerprint density at radius 3 is 2.68 bits per heavy atom. The minimum Gasteiger partial charge on any atom is -0.389 e. The molecule has 0 bridgehead atoms. The predicted molar refractivity (Wildman–Crippen MR) is 76.2 cm³/mol. The topological polar surface area (TPSA) is 50.5 Å². The lowest BCUT2D eigenvalue weighted by Gasteiger charge is -2.20. The number of methoxy groups -OCH3 is 1. The van der Waals surface area contributed by atoms with E-state index in [0.717, 1.165) is 25.2 Å². The molecule has 0 aromatic carbocycles. The molecule has 1 rings (SSSR count). The molecule has 0 spiro atoms. The molecule has 5 heteroatoms. The van der Waals surface area contributed by atoms with E-state index in [0.29, 0.717) is 13.2 Å². The van der Waals surface area contributed by atoms with E-state index in [4.69, 9.17) is 4.74 Å². The maximum absolute atomic E-state index is 9.74. The number of rotatable bonds is 8. The summed E-state index contributed by atoms with van der Waals surface area (Å²) in [6.45, 7) is 9.07. The van der Waals surface area contributed by atoms with Crippen molar-refractivity contribution in [2.45, 2.75) is 46.4 Å². The van der Waals surface area contributed by atoms with Crippen LogP contribution in [0.15, 0.2) is 0 Å². The third kappa shape index (κ3) is 4.60. The molecule has 1 unspecified atom stereocenters. The summed E-state index contributed by atoms with van der Waals surface area (Å²) in [5.41, 5.74) is 3.58. The summed E-state index contributed by atoms with van der Waals surface area (Å²) in [6, 6.07) is 0. The molecule has 0 aliphatic heterocycles. The predicted octanol–water partition coefficient (Wildman–Crippen LogP) is 1.35. The second kappa shape index (κ2) is 7.62. The van der Waals surface area contributed by atoms with Crippen molar-refractivity contribution in [3.8, 4) is 0 Å². The lowest BCUT2D eigenvalue weighted by Crippen LogP contribution is -2.31. The number of ether oxygens (including phenoxy) is 1. The van der Waals surface area contributed by atoms with Gasteiger partial charge < -0.3 is 9.84 Å². The molecule has 19 heavy (non-hydrogen) atoms. The summed E-state index contributed by atoms with van der Waals surface area (Å²) in [5.74, 6) is 0. The van der Waals surface area contributed by atoms with Crippen molar-refractivity contribution in [1.82, 2.24) is 14.7 Å². The highest BCUT2D eigenvalue weighted by Gasteiger charge is 2.14. The number of aryl methyl sites for hydroxylation is 2. The molecule has 0 saturated carbocycles. The van der Waals surface area contributed by atoms with Gasteiger partial charge in [0.25, 0.3) is 0 Å². The summed E-state index contributed by atoms with van der Waals surface area (Å²) in [5, 5.41) is 14.3. The third-order valence-electron chi connectivity index (χ3n) is 3.28. The zero-order valence-corrected chi connectivity index (χ0v) is 12.8. The highest BCUT2D eigenvalue weighted by Crippen LogP contribution is 2.15. The first-order valence-electron chi connectivity index (χ1n) is 6.88. The van der Waals surface area contributed by atoms with Gasteiger partial charge in [-0.3, -0.25) is 9.58 Å². The van der Waals surface area contributed by atoms with E-state index in [-0.39, 0.29) is 0 Å². The van der Waals surface area contributed by atoms with E-state index in [2.05, 4.69) is 28.5 Å². The molecule has 0 aliphatic carbocycles. The average Bonchev–Trinajstić information content (AvgIpc) is 2.58. The first-order chi connectivity index (χ1) is 8.99. The summed E-state index contributed by atoms with van der Waals surface area (Å²) in [7, 11) is 3.61. The molecule has 1 atom stereocenters. The molecule has 1 aromatic heterocycles. The summed E-state index contributed by atoms with van der Waals surface area (Å²) < 4.78 is 7.02. The number of nitrogens with zero attached hydrogens (tertiary/aromatic N) is 3. The van der Waals surface area contributed by atoms with Gasteiger partial charge in [-0.1, -0.05) is 6.92 Å². The Bertz CT molecular complexity index is 390. The van der Waals surface area contributed by atoms with Crippen LogP contribution in [0.4, 0.5) is 0 Å². The van der Waals surface area contributed by atoms with Gasteiger partial charge in [0.05, 0.1) is 18.4 Å². The van der Waals surface area contributed by atoms with E-state index in [1.54, 1.807) is 7.11 Å². The van der Waals surface area contributed by atoms with Gasteiger partial charge in [0.1, 0.15) is 0 Å². The van der Waals surface area contributed by atoms with Gasteiger partial charge >= 0.3 is 0 Å². The van der Waals surface area contributed by atoms with Crippen molar-refractivity contribution in [3.05, 3.63) is 17.0 Å². The van der Waals surface area contributed by atoms with E-state index in [1.165, 1.54) is 11.3 Å². The van der Waals surface area contributed by atoms with Gasteiger partial charge in [0.2, 0.25) is 0 Å². The highest BCUT2D eigenvalue weighted by molar-refractivity contribution is 5.24. The van der Waals surface area contributed by atoms with Crippen LogP contribution in [0.5, 0.6) is 0 Å². The van der Waals surface area contributed by atoms with E-state index < -0.39 is 6.10 Å². The van der Waals surface area contributed by atoms with Gasteiger partial charge in [-0.25, -0.2) is 0 Å². The fourth-order valence-corrected chi connectivity index (χ4v) is 2.33. The number of hydrogen-bond donors (Lipinski definition) is 1. The maximum atomic E-state index is 9.74. The second-order valence-electron chi connectivity index (χ2n) is 5.18. The molecule has 0 aliphatic rings. The van der Waals surface area contributed by atoms with Crippen LogP contribution in [-0.2, 0) is 17.8 Å². The van der Waals surface area contributed by atoms with Gasteiger partial charge in [0.15, 0.2) is 0 Å². The first-order valence-corrected chi connectivity index (χ1v) is 6.88. The van der Waals surface area contributed by atoms with Crippen molar-refractivity contribution in [2.75, 3.05) is 27.3 Å². The number of aliphatic hydroxyl groups is 1. The van der Waals surface area contributed by atoms with Crippen molar-refractivity contribution < 1.29 is 9.84 Å². The van der Waals surface area contributed by atoms with Crippen LogP contribution in [-0.4, -0.2) is 53.2 Å². The van der Waals surface area contributed by atoms with Crippen LogP contribution >= 0.6 is 0 Å². The summed E-state index contributed by atoms with van der Waals surface area (Å²) >= 11 is 0. The van der Waals surface area contributed by atoms with Crippen LogP contribution in [0.1, 0.15) is 30.3 Å².